The number of nitrogens with one attached hydrogen (secondary N) is 1. The van der Waals surface area contributed by atoms with Crippen molar-refractivity contribution in [3.05, 3.63) is 30.3 Å². The Bertz CT molecular complexity index is 342. The molecular weight excluding hydrogens is 200 g/mol. The molecule has 1 aromatic carbocycles. The van der Waals surface area contributed by atoms with Gasteiger partial charge in [0.1, 0.15) is 0 Å². The normalized spacial score (nSPS) is 25.0. The predicted molar refractivity (Wildman–Crippen MR) is 65.0 cm³/mol. The molecule has 1 aliphatic rings. The molecule has 0 atom stereocenters. The fourth-order valence-corrected chi connectivity index (χ4v) is 2.29. The molecule has 1 fully saturated rings. The highest BCUT2D eigenvalue weighted by molar-refractivity contribution is 5.76. The highest BCUT2D eigenvalue weighted by atomic mass is 16.1. The van der Waals surface area contributed by atoms with Crippen LogP contribution in [0.1, 0.15) is 25.7 Å². The molecule has 0 bridgehead atoms. The van der Waals surface area contributed by atoms with Crippen LogP contribution in [0.4, 0.5) is 5.69 Å². The Labute approximate surface area is 96.0 Å². The van der Waals surface area contributed by atoms with Crippen LogP contribution in [0, 0.1) is 5.92 Å². The molecule has 0 heterocycles. The zero-order valence-corrected chi connectivity index (χ0v) is 9.36. The van der Waals surface area contributed by atoms with E-state index in [1.165, 1.54) is 0 Å². The highest BCUT2D eigenvalue weighted by Crippen LogP contribution is 2.26. The molecule has 1 aliphatic carbocycles. The van der Waals surface area contributed by atoms with Gasteiger partial charge in [-0.05, 0) is 37.8 Å². The fraction of sp³-hybridized carbons (Fsp3) is 0.462. The molecule has 0 spiro atoms. The first-order valence-corrected chi connectivity index (χ1v) is 5.86. The number of nitrogens with two attached hydrogens (primary N) is 1. The lowest BCUT2D eigenvalue weighted by Crippen LogP contribution is -2.32. The SMILES string of the molecule is NC(=O)[C@H]1CC[C@@H](Nc2ccccc2)CC1. The number of anilines is 1. The van der Waals surface area contributed by atoms with Crippen molar-refractivity contribution in [2.24, 2.45) is 11.7 Å². The number of primary amides is 1. The van der Waals surface area contributed by atoms with Gasteiger partial charge in [-0.2, -0.15) is 0 Å². The van der Waals surface area contributed by atoms with Crippen molar-refractivity contribution < 1.29 is 4.79 Å². The quantitative estimate of drug-likeness (QED) is 0.816. The van der Waals surface area contributed by atoms with Gasteiger partial charge in [0.25, 0.3) is 0 Å². The van der Waals surface area contributed by atoms with Gasteiger partial charge in [-0.25, -0.2) is 0 Å². The molecule has 1 aromatic rings. The molecular formula is C13H18N2O. The second-order valence-electron chi connectivity index (χ2n) is 4.46. The number of rotatable bonds is 3. The minimum absolute atomic E-state index is 0.0915. The summed E-state index contributed by atoms with van der Waals surface area (Å²) in [5.74, 6) is -0.0491. The van der Waals surface area contributed by atoms with E-state index in [1.807, 2.05) is 18.2 Å². The second kappa shape index (κ2) is 5.01. The Balaban J connectivity index is 1.84. The second-order valence-corrected chi connectivity index (χ2v) is 4.46. The molecule has 1 saturated carbocycles. The molecule has 1 amide bonds. The summed E-state index contributed by atoms with van der Waals surface area (Å²) < 4.78 is 0. The molecule has 3 N–H and O–H groups in total. The number of benzene rings is 1. The van der Waals surface area contributed by atoms with Gasteiger partial charge in [-0.1, -0.05) is 18.2 Å². The van der Waals surface area contributed by atoms with Crippen molar-refractivity contribution in [2.45, 2.75) is 31.7 Å². The molecule has 3 nitrogen and oxygen atoms in total. The van der Waals surface area contributed by atoms with Crippen LogP contribution in [0.2, 0.25) is 0 Å². The lowest BCUT2D eigenvalue weighted by atomic mass is 9.85. The largest absolute Gasteiger partial charge is 0.382 e. The number of amides is 1. The Kier molecular flexibility index (Phi) is 3.44. The van der Waals surface area contributed by atoms with E-state index in [0.717, 1.165) is 31.4 Å². The molecule has 0 unspecified atom stereocenters. The Morgan fingerprint density at radius 3 is 2.31 bits per heavy atom. The molecule has 0 saturated heterocycles. The molecule has 2 rings (SSSR count). The average molecular weight is 218 g/mol. The third-order valence-electron chi connectivity index (χ3n) is 3.27. The molecule has 3 heteroatoms. The number of hydrogen-bond donors (Lipinski definition) is 2. The number of carbonyl (C=O) groups is 1. The van der Waals surface area contributed by atoms with E-state index < -0.39 is 0 Å². The highest BCUT2D eigenvalue weighted by Gasteiger charge is 2.24. The van der Waals surface area contributed by atoms with Gasteiger partial charge in [0.15, 0.2) is 0 Å². The van der Waals surface area contributed by atoms with E-state index >= 15 is 0 Å². The fourth-order valence-electron chi connectivity index (χ4n) is 2.29. The summed E-state index contributed by atoms with van der Waals surface area (Å²) in [5.41, 5.74) is 6.46. The molecule has 0 radical (unpaired) electrons. The van der Waals surface area contributed by atoms with Gasteiger partial charge >= 0.3 is 0 Å². The monoisotopic (exact) mass is 218 g/mol. The summed E-state index contributed by atoms with van der Waals surface area (Å²) >= 11 is 0. The summed E-state index contributed by atoms with van der Waals surface area (Å²) in [4.78, 5) is 11.0. The van der Waals surface area contributed by atoms with Crippen molar-refractivity contribution in [2.75, 3.05) is 5.32 Å². The van der Waals surface area contributed by atoms with Crippen LogP contribution in [0.5, 0.6) is 0 Å². The zero-order valence-electron chi connectivity index (χ0n) is 9.36. The first-order chi connectivity index (χ1) is 7.75. The lowest BCUT2D eigenvalue weighted by Gasteiger charge is -2.28. The topological polar surface area (TPSA) is 55.1 Å². The maximum Gasteiger partial charge on any atom is 0.220 e. The predicted octanol–water partition coefficient (Wildman–Crippen LogP) is 2.14. The molecule has 16 heavy (non-hydrogen) atoms. The smallest absolute Gasteiger partial charge is 0.220 e. The lowest BCUT2D eigenvalue weighted by molar-refractivity contribution is -0.122. The Morgan fingerprint density at radius 2 is 1.75 bits per heavy atom. The van der Waals surface area contributed by atoms with E-state index in [2.05, 4.69) is 17.4 Å². The average Bonchev–Trinajstić information content (AvgIpc) is 2.31. The standard InChI is InChI=1S/C13H18N2O/c14-13(16)10-6-8-12(9-7-10)15-11-4-2-1-3-5-11/h1-5,10,12,15H,6-9H2,(H2,14,16)/t10-,12+. The van der Waals surface area contributed by atoms with Crippen molar-refractivity contribution in [1.82, 2.24) is 0 Å². The Morgan fingerprint density at radius 1 is 1.12 bits per heavy atom. The minimum atomic E-state index is -0.141. The van der Waals surface area contributed by atoms with Crippen LogP contribution in [0.15, 0.2) is 30.3 Å². The van der Waals surface area contributed by atoms with E-state index in [9.17, 15) is 4.79 Å². The van der Waals surface area contributed by atoms with Crippen LogP contribution < -0.4 is 11.1 Å². The van der Waals surface area contributed by atoms with Gasteiger partial charge in [0, 0.05) is 17.6 Å². The summed E-state index contributed by atoms with van der Waals surface area (Å²) in [5, 5.41) is 3.49. The first-order valence-electron chi connectivity index (χ1n) is 5.86. The van der Waals surface area contributed by atoms with Crippen LogP contribution in [0.25, 0.3) is 0 Å². The van der Waals surface area contributed by atoms with Crippen LogP contribution in [-0.2, 0) is 4.79 Å². The first kappa shape index (κ1) is 11.0. The van der Waals surface area contributed by atoms with Crippen molar-refractivity contribution in [1.29, 1.82) is 0 Å². The third kappa shape index (κ3) is 2.75. The van der Waals surface area contributed by atoms with Gasteiger partial charge in [0.2, 0.25) is 5.91 Å². The number of carbonyl (C=O) groups excluding carboxylic acids is 1. The number of hydrogen-bond acceptors (Lipinski definition) is 2. The van der Waals surface area contributed by atoms with E-state index in [0.29, 0.717) is 6.04 Å². The van der Waals surface area contributed by atoms with Gasteiger partial charge in [-0.3, -0.25) is 4.79 Å². The van der Waals surface area contributed by atoms with E-state index in [4.69, 9.17) is 5.73 Å². The van der Waals surface area contributed by atoms with Crippen LogP contribution in [0.3, 0.4) is 0 Å². The maximum atomic E-state index is 11.0. The van der Waals surface area contributed by atoms with Crippen LogP contribution in [-0.4, -0.2) is 11.9 Å². The minimum Gasteiger partial charge on any atom is -0.382 e. The van der Waals surface area contributed by atoms with E-state index in [-0.39, 0.29) is 11.8 Å². The van der Waals surface area contributed by atoms with Crippen molar-refractivity contribution in [3.63, 3.8) is 0 Å². The maximum absolute atomic E-state index is 11.0. The van der Waals surface area contributed by atoms with Gasteiger partial charge < -0.3 is 11.1 Å². The van der Waals surface area contributed by atoms with Crippen molar-refractivity contribution in [3.8, 4) is 0 Å². The number of para-hydroxylation sites is 1. The Hall–Kier alpha value is -1.51. The van der Waals surface area contributed by atoms with E-state index in [1.54, 1.807) is 0 Å². The molecule has 0 aliphatic heterocycles. The van der Waals surface area contributed by atoms with Crippen LogP contribution >= 0.6 is 0 Å². The molecule has 0 aromatic heterocycles. The summed E-state index contributed by atoms with van der Waals surface area (Å²) in [6, 6.07) is 10.7. The van der Waals surface area contributed by atoms with Gasteiger partial charge in [0.05, 0.1) is 0 Å². The third-order valence-corrected chi connectivity index (χ3v) is 3.27. The van der Waals surface area contributed by atoms with Crippen molar-refractivity contribution >= 4 is 11.6 Å². The molecule has 86 valence electrons. The summed E-state index contributed by atoms with van der Waals surface area (Å²) in [7, 11) is 0. The summed E-state index contributed by atoms with van der Waals surface area (Å²) in [6.45, 7) is 0. The zero-order chi connectivity index (χ0) is 11.4. The van der Waals surface area contributed by atoms with Gasteiger partial charge in [-0.15, -0.1) is 0 Å². The summed E-state index contributed by atoms with van der Waals surface area (Å²) in [6.07, 6.45) is 3.89.